The lowest BCUT2D eigenvalue weighted by atomic mass is 10.1. The van der Waals surface area contributed by atoms with Crippen molar-refractivity contribution in [2.45, 2.75) is 27.3 Å². The van der Waals surface area contributed by atoms with Crippen molar-refractivity contribution in [1.82, 2.24) is 15.1 Å². The molecule has 0 aliphatic rings. The van der Waals surface area contributed by atoms with Crippen LogP contribution in [0.5, 0.6) is 0 Å². The maximum Gasteiger partial charge on any atom is 0.170 e. The molecule has 1 heterocycles. The van der Waals surface area contributed by atoms with Crippen molar-refractivity contribution in [1.29, 1.82) is 0 Å². The van der Waals surface area contributed by atoms with Gasteiger partial charge < -0.3 is 15.4 Å². The first-order valence-electron chi connectivity index (χ1n) is 7.64. The van der Waals surface area contributed by atoms with Crippen LogP contribution in [0.2, 0.25) is 0 Å². The van der Waals surface area contributed by atoms with Crippen LogP contribution in [0.15, 0.2) is 24.3 Å². The predicted molar refractivity (Wildman–Crippen MR) is 98.1 cm³/mol. The number of ether oxygens (including phenoxy) is 1. The fraction of sp³-hybridized carbons (Fsp3) is 0.412. The third-order valence-corrected chi connectivity index (χ3v) is 3.87. The van der Waals surface area contributed by atoms with Crippen molar-refractivity contribution < 1.29 is 4.74 Å². The minimum atomic E-state index is 0.586. The molecule has 0 aliphatic carbocycles. The topological polar surface area (TPSA) is 51.1 Å². The first kappa shape index (κ1) is 17.4. The van der Waals surface area contributed by atoms with E-state index in [0.717, 1.165) is 23.6 Å². The van der Waals surface area contributed by atoms with Crippen molar-refractivity contribution in [3.8, 4) is 0 Å². The normalized spacial score (nSPS) is 10.6. The number of hydrogen-bond acceptors (Lipinski definition) is 3. The van der Waals surface area contributed by atoms with Crippen LogP contribution < -0.4 is 10.6 Å². The molecule has 2 rings (SSSR count). The molecule has 0 saturated heterocycles. The van der Waals surface area contributed by atoms with Gasteiger partial charge in [0.2, 0.25) is 0 Å². The molecule has 0 bridgehead atoms. The Labute approximate surface area is 143 Å². The molecule has 0 unspecified atom stereocenters. The number of benzene rings is 1. The highest BCUT2D eigenvalue weighted by Gasteiger charge is 2.13. The van der Waals surface area contributed by atoms with Crippen LogP contribution in [0, 0.1) is 20.8 Å². The molecule has 0 spiro atoms. The van der Waals surface area contributed by atoms with Crippen molar-refractivity contribution in [2.24, 2.45) is 0 Å². The van der Waals surface area contributed by atoms with E-state index < -0.39 is 0 Å². The maximum atomic E-state index is 5.31. The molecule has 124 valence electrons. The summed E-state index contributed by atoms with van der Waals surface area (Å²) in [5, 5.41) is 11.6. The third kappa shape index (κ3) is 4.77. The van der Waals surface area contributed by atoms with Crippen molar-refractivity contribution in [3.63, 3.8) is 0 Å². The smallest absolute Gasteiger partial charge is 0.170 e. The van der Waals surface area contributed by atoms with Gasteiger partial charge in [-0.2, -0.15) is 5.10 Å². The van der Waals surface area contributed by atoms with Crippen molar-refractivity contribution >= 4 is 23.0 Å². The van der Waals surface area contributed by atoms with Gasteiger partial charge >= 0.3 is 0 Å². The Morgan fingerprint density at radius 2 is 2.09 bits per heavy atom. The van der Waals surface area contributed by atoms with E-state index in [1.165, 1.54) is 11.1 Å². The number of nitrogens with zero attached hydrogens (tertiary/aromatic N) is 2. The maximum absolute atomic E-state index is 5.31. The molecular formula is C17H24N4OS. The van der Waals surface area contributed by atoms with Gasteiger partial charge in [-0.3, -0.25) is 4.68 Å². The van der Waals surface area contributed by atoms with Crippen LogP contribution >= 0.6 is 12.2 Å². The van der Waals surface area contributed by atoms with Gasteiger partial charge in [-0.15, -0.1) is 0 Å². The highest BCUT2D eigenvalue weighted by atomic mass is 32.1. The van der Waals surface area contributed by atoms with E-state index in [9.17, 15) is 0 Å². The Morgan fingerprint density at radius 1 is 1.30 bits per heavy atom. The van der Waals surface area contributed by atoms with E-state index >= 15 is 0 Å². The number of rotatable bonds is 6. The molecule has 0 radical (unpaired) electrons. The first-order chi connectivity index (χ1) is 11.0. The number of aryl methyl sites for hydroxylation is 2. The SMILES string of the molecule is COCCNC(=S)Nc1c(C)nn(Cc2cccc(C)c2)c1C. The zero-order valence-electron chi connectivity index (χ0n) is 14.1. The fourth-order valence-corrected chi connectivity index (χ4v) is 2.64. The Bertz CT molecular complexity index is 681. The highest BCUT2D eigenvalue weighted by molar-refractivity contribution is 7.80. The van der Waals surface area contributed by atoms with Crippen LogP contribution in [0.3, 0.4) is 0 Å². The molecule has 0 saturated carbocycles. The van der Waals surface area contributed by atoms with Gasteiger partial charge in [0.05, 0.1) is 30.2 Å². The van der Waals surface area contributed by atoms with E-state index in [0.29, 0.717) is 18.3 Å². The summed E-state index contributed by atoms with van der Waals surface area (Å²) in [7, 11) is 1.67. The van der Waals surface area contributed by atoms with E-state index in [1.807, 2.05) is 11.6 Å². The molecule has 2 aromatic rings. The number of aromatic nitrogens is 2. The van der Waals surface area contributed by atoms with Crippen LogP contribution in [-0.2, 0) is 11.3 Å². The molecule has 1 aromatic heterocycles. The van der Waals surface area contributed by atoms with Crippen LogP contribution in [0.4, 0.5) is 5.69 Å². The molecule has 0 fully saturated rings. The number of methoxy groups -OCH3 is 1. The minimum Gasteiger partial charge on any atom is -0.383 e. The lowest BCUT2D eigenvalue weighted by molar-refractivity contribution is 0.204. The number of hydrogen-bond donors (Lipinski definition) is 2. The van der Waals surface area contributed by atoms with Crippen LogP contribution in [0.1, 0.15) is 22.5 Å². The summed E-state index contributed by atoms with van der Waals surface area (Å²) in [6.07, 6.45) is 0. The average molecular weight is 332 g/mol. The van der Waals surface area contributed by atoms with Gasteiger partial charge in [0.1, 0.15) is 0 Å². The number of thiocarbonyl (C=S) groups is 1. The summed E-state index contributed by atoms with van der Waals surface area (Å²) in [6.45, 7) is 8.18. The first-order valence-corrected chi connectivity index (χ1v) is 8.05. The van der Waals surface area contributed by atoms with Gasteiger partial charge in [-0.1, -0.05) is 29.8 Å². The Hall–Kier alpha value is -1.92. The van der Waals surface area contributed by atoms with Gasteiger partial charge in [-0.05, 0) is 38.6 Å². The second kappa shape index (κ2) is 8.08. The summed E-state index contributed by atoms with van der Waals surface area (Å²) in [6, 6.07) is 8.47. The largest absolute Gasteiger partial charge is 0.383 e. The summed E-state index contributed by atoms with van der Waals surface area (Å²) in [5.41, 5.74) is 5.47. The minimum absolute atomic E-state index is 0.586. The van der Waals surface area contributed by atoms with Gasteiger partial charge in [0.25, 0.3) is 0 Å². The summed E-state index contributed by atoms with van der Waals surface area (Å²) in [5.74, 6) is 0. The van der Waals surface area contributed by atoms with Crippen molar-refractivity contribution in [2.75, 3.05) is 25.6 Å². The molecule has 1 aromatic carbocycles. The van der Waals surface area contributed by atoms with E-state index in [4.69, 9.17) is 17.0 Å². The van der Waals surface area contributed by atoms with E-state index in [1.54, 1.807) is 7.11 Å². The fourth-order valence-electron chi connectivity index (χ4n) is 2.44. The molecular weight excluding hydrogens is 308 g/mol. The quantitative estimate of drug-likeness (QED) is 0.629. The highest BCUT2D eigenvalue weighted by Crippen LogP contribution is 2.20. The molecule has 6 heteroatoms. The Morgan fingerprint density at radius 3 is 2.78 bits per heavy atom. The van der Waals surface area contributed by atoms with E-state index in [2.05, 4.69) is 53.8 Å². The van der Waals surface area contributed by atoms with Crippen LogP contribution in [0.25, 0.3) is 0 Å². The number of nitrogens with one attached hydrogen (secondary N) is 2. The second-order valence-corrected chi connectivity index (χ2v) is 5.97. The number of anilines is 1. The Balaban J connectivity index is 2.08. The lowest BCUT2D eigenvalue weighted by Crippen LogP contribution is -2.31. The monoisotopic (exact) mass is 332 g/mol. The molecule has 0 atom stereocenters. The molecule has 2 N–H and O–H groups in total. The van der Waals surface area contributed by atoms with Gasteiger partial charge in [0.15, 0.2) is 5.11 Å². The van der Waals surface area contributed by atoms with E-state index in [-0.39, 0.29) is 0 Å². The van der Waals surface area contributed by atoms with Gasteiger partial charge in [0, 0.05) is 13.7 Å². The van der Waals surface area contributed by atoms with Crippen molar-refractivity contribution in [3.05, 3.63) is 46.8 Å². The Kier molecular flexibility index (Phi) is 6.12. The summed E-state index contributed by atoms with van der Waals surface area (Å²) in [4.78, 5) is 0. The molecule has 0 amide bonds. The van der Waals surface area contributed by atoms with Crippen LogP contribution in [-0.4, -0.2) is 35.2 Å². The third-order valence-electron chi connectivity index (χ3n) is 3.63. The molecule has 0 aliphatic heterocycles. The molecule has 23 heavy (non-hydrogen) atoms. The zero-order chi connectivity index (χ0) is 16.8. The summed E-state index contributed by atoms with van der Waals surface area (Å²) < 4.78 is 7.01. The lowest BCUT2D eigenvalue weighted by Gasteiger charge is -2.11. The zero-order valence-corrected chi connectivity index (χ0v) is 15.0. The summed E-state index contributed by atoms with van der Waals surface area (Å²) >= 11 is 5.31. The standard InChI is InChI=1S/C17H24N4OS/c1-12-6-5-7-15(10-12)11-21-14(3)16(13(2)20-21)19-17(23)18-8-9-22-4/h5-7,10H,8-9,11H2,1-4H3,(H2,18,19,23). The van der Waals surface area contributed by atoms with Gasteiger partial charge in [-0.25, -0.2) is 0 Å². The predicted octanol–water partition coefficient (Wildman–Crippen LogP) is 2.79. The second-order valence-electron chi connectivity index (χ2n) is 5.57. The average Bonchev–Trinajstić information content (AvgIpc) is 2.75. The molecule has 5 nitrogen and oxygen atoms in total.